The molecule has 104 valence electrons. The first-order valence-electron chi connectivity index (χ1n) is 6.22. The molecular weight excluding hydrogens is 264 g/mol. The van der Waals surface area contributed by atoms with Crippen LogP contribution in [0.4, 0.5) is 8.78 Å². The summed E-state index contributed by atoms with van der Waals surface area (Å²) >= 11 is 0. The summed E-state index contributed by atoms with van der Waals surface area (Å²) in [5.41, 5.74) is 0. The highest BCUT2D eigenvalue weighted by molar-refractivity contribution is 7.90. The van der Waals surface area contributed by atoms with Crippen LogP contribution in [0.1, 0.15) is 38.5 Å². The molecule has 2 aliphatic rings. The van der Waals surface area contributed by atoms with Gasteiger partial charge >= 0.3 is 0 Å². The minimum absolute atomic E-state index is 0.0452. The predicted molar refractivity (Wildman–Crippen MR) is 61.6 cm³/mol. The van der Waals surface area contributed by atoms with Crippen molar-refractivity contribution >= 4 is 15.9 Å². The lowest BCUT2D eigenvalue weighted by atomic mass is 9.91. The van der Waals surface area contributed by atoms with Gasteiger partial charge in [-0.2, -0.15) is 0 Å². The third-order valence-corrected chi connectivity index (χ3v) is 5.00. The van der Waals surface area contributed by atoms with Gasteiger partial charge in [0.2, 0.25) is 15.9 Å². The van der Waals surface area contributed by atoms with Gasteiger partial charge in [0.25, 0.3) is 5.92 Å². The van der Waals surface area contributed by atoms with Crippen LogP contribution in [0, 0.1) is 11.8 Å². The second kappa shape index (κ2) is 4.75. The predicted octanol–water partition coefficient (Wildman–Crippen LogP) is 1.67. The molecule has 0 heterocycles. The Kier molecular flexibility index (Phi) is 3.62. The van der Waals surface area contributed by atoms with Crippen LogP contribution >= 0.6 is 0 Å². The van der Waals surface area contributed by atoms with Crippen molar-refractivity contribution < 1.29 is 22.0 Å². The van der Waals surface area contributed by atoms with Gasteiger partial charge in [-0.15, -0.1) is 0 Å². The largest absolute Gasteiger partial charge is 0.273 e. The first-order chi connectivity index (χ1) is 8.30. The van der Waals surface area contributed by atoms with E-state index in [1.165, 1.54) is 0 Å². The number of alkyl halides is 2. The Morgan fingerprint density at radius 3 is 2.28 bits per heavy atom. The first-order valence-corrected chi connectivity index (χ1v) is 7.87. The maximum Gasteiger partial charge on any atom is 0.260 e. The highest BCUT2D eigenvalue weighted by atomic mass is 32.2. The van der Waals surface area contributed by atoms with Gasteiger partial charge in [0.15, 0.2) is 0 Å². The van der Waals surface area contributed by atoms with Gasteiger partial charge in [0, 0.05) is 6.42 Å². The molecule has 1 amide bonds. The number of halogens is 2. The van der Waals surface area contributed by atoms with E-state index in [1.54, 1.807) is 4.72 Å². The van der Waals surface area contributed by atoms with Gasteiger partial charge in [0.05, 0.1) is 5.75 Å². The molecule has 0 saturated heterocycles. The lowest BCUT2D eigenvalue weighted by Gasteiger charge is -2.21. The average molecular weight is 281 g/mol. The summed E-state index contributed by atoms with van der Waals surface area (Å²) in [6, 6.07) is 0. The minimum Gasteiger partial charge on any atom is -0.273 e. The summed E-state index contributed by atoms with van der Waals surface area (Å²) in [6.45, 7) is 0. The summed E-state index contributed by atoms with van der Waals surface area (Å²) in [5.74, 6) is -5.63. The Hall–Kier alpha value is -0.720. The van der Waals surface area contributed by atoms with Crippen LogP contribution in [0.3, 0.4) is 0 Å². The molecule has 1 N–H and O–H groups in total. The van der Waals surface area contributed by atoms with Crippen molar-refractivity contribution in [2.24, 2.45) is 11.8 Å². The molecule has 2 aliphatic carbocycles. The monoisotopic (exact) mass is 281 g/mol. The van der Waals surface area contributed by atoms with E-state index in [-0.39, 0.29) is 11.7 Å². The molecule has 0 spiro atoms. The molecule has 0 radical (unpaired) electrons. The zero-order valence-electron chi connectivity index (χ0n) is 9.99. The van der Waals surface area contributed by atoms with Crippen LogP contribution in [0.25, 0.3) is 0 Å². The van der Waals surface area contributed by atoms with Crippen molar-refractivity contribution in [3.8, 4) is 0 Å². The molecule has 0 aliphatic heterocycles. The lowest BCUT2D eigenvalue weighted by Crippen LogP contribution is -2.37. The Balaban J connectivity index is 1.85. The highest BCUT2D eigenvalue weighted by Gasteiger charge is 2.61. The smallest absolute Gasteiger partial charge is 0.260 e. The topological polar surface area (TPSA) is 63.2 Å². The van der Waals surface area contributed by atoms with Crippen molar-refractivity contribution in [1.29, 1.82) is 0 Å². The van der Waals surface area contributed by atoms with Crippen molar-refractivity contribution in [1.82, 2.24) is 4.72 Å². The zero-order chi connectivity index (χ0) is 13.4. The summed E-state index contributed by atoms with van der Waals surface area (Å²) in [7, 11) is -3.77. The minimum atomic E-state index is -3.77. The van der Waals surface area contributed by atoms with Crippen LogP contribution in [-0.2, 0) is 14.8 Å². The summed E-state index contributed by atoms with van der Waals surface area (Å²) in [6.07, 6.45) is 4.21. The van der Waals surface area contributed by atoms with E-state index in [0.717, 1.165) is 32.1 Å². The Labute approximate surface area is 105 Å². The van der Waals surface area contributed by atoms with Crippen molar-refractivity contribution in [2.75, 3.05) is 5.75 Å². The molecule has 0 aromatic rings. The van der Waals surface area contributed by atoms with Crippen LogP contribution in [0.5, 0.6) is 0 Å². The molecule has 2 rings (SSSR count). The van der Waals surface area contributed by atoms with E-state index < -0.39 is 34.2 Å². The molecule has 7 heteroatoms. The van der Waals surface area contributed by atoms with Gasteiger partial charge in [-0.3, -0.25) is 9.52 Å². The number of carbonyl (C=O) groups excluding carboxylic acids is 1. The molecule has 1 atom stereocenters. The molecule has 0 aromatic carbocycles. The van der Waals surface area contributed by atoms with Gasteiger partial charge in [-0.1, -0.05) is 19.3 Å². The second-order valence-electron chi connectivity index (χ2n) is 5.27. The number of hydrogen-bond donors (Lipinski definition) is 1. The number of sulfonamides is 1. The van der Waals surface area contributed by atoms with Crippen LogP contribution in [-0.4, -0.2) is 26.0 Å². The molecule has 1 unspecified atom stereocenters. The third kappa shape index (κ3) is 3.40. The van der Waals surface area contributed by atoms with Crippen molar-refractivity contribution in [3.63, 3.8) is 0 Å². The average Bonchev–Trinajstić information content (AvgIpc) is 2.88. The van der Waals surface area contributed by atoms with E-state index in [0.29, 0.717) is 0 Å². The van der Waals surface area contributed by atoms with E-state index in [4.69, 9.17) is 0 Å². The maximum absolute atomic E-state index is 12.6. The van der Waals surface area contributed by atoms with Gasteiger partial charge in [-0.25, -0.2) is 17.2 Å². The molecule has 2 fully saturated rings. The highest BCUT2D eigenvalue weighted by Crippen LogP contribution is 2.48. The molecule has 18 heavy (non-hydrogen) atoms. The fourth-order valence-corrected chi connectivity index (χ4v) is 3.91. The Morgan fingerprint density at radius 2 is 1.78 bits per heavy atom. The molecular formula is C11H17F2NO3S. The quantitative estimate of drug-likeness (QED) is 0.852. The number of rotatable bonds is 4. The van der Waals surface area contributed by atoms with Gasteiger partial charge in [0.1, 0.15) is 5.92 Å². The molecule has 2 saturated carbocycles. The number of carbonyl (C=O) groups is 1. The van der Waals surface area contributed by atoms with Crippen LogP contribution in [0.2, 0.25) is 0 Å². The van der Waals surface area contributed by atoms with Crippen LogP contribution < -0.4 is 4.72 Å². The van der Waals surface area contributed by atoms with Crippen molar-refractivity contribution in [2.45, 2.75) is 44.4 Å². The van der Waals surface area contributed by atoms with E-state index in [1.807, 2.05) is 0 Å². The SMILES string of the molecule is O=C(NS(=O)(=O)CC1CCCCC1)C1CC1(F)F. The number of amides is 1. The third-order valence-electron chi connectivity index (χ3n) is 3.58. The summed E-state index contributed by atoms with van der Waals surface area (Å²) in [4.78, 5) is 11.3. The van der Waals surface area contributed by atoms with E-state index in [9.17, 15) is 22.0 Å². The zero-order valence-corrected chi connectivity index (χ0v) is 10.8. The number of nitrogens with one attached hydrogen (secondary N) is 1. The molecule has 4 nitrogen and oxygen atoms in total. The number of hydrogen-bond acceptors (Lipinski definition) is 3. The fourth-order valence-electron chi connectivity index (χ4n) is 2.43. The second-order valence-corrected chi connectivity index (χ2v) is 7.04. The lowest BCUT2D eigenvalue weighted by molar-refractivity contribution is -0.122. The van der Waals surface area contributed by atoms with Gasteiger partial charge in [-0.05, 0) is 18.8 Å². The fraction of sp³-hybridized carbons (Fsp3) is 0.909. The summed E-state index contributed by atoms with van der Waals surface area (Å²) < 4.78 is 50.4. The van der Waals surface area contributed by atoms with Gasteiger partial charge < -0.3 is 0 Å². The first kappa shape index (κ1) is 13.7. The van der Waals surface area contributed by atoms with Crippen LogP contribution in [0.15, 0.2) is 0 Å². The normalized spacial score (nSPS) is 27.8. The summed E-state index contributed by atoms with van der Waals surface area (Å²) in [5, 5.41) is 0. The molecule has 0 bridgehead atoms. The Morgan fingerprint density at radius 1 is 1.22 bits per heavy atom. The van der Waals surface area contributed by atoms with Crippen molar-refractivity contribution in [3.05, 3.63) is 0 Å². The standard InChI is InChI=1S/C11H17F2NO3S/c12-11(13)6-9(11)10(15)14-18(16,17)7-8-4-2-1-3-5-8/h8-9H,1-7H2,(H,14,15). The molecule has 0 aromatic heterocycles. The van der Waals surface area contributed by atoms with E-state index in [2.05, 4.69) is 0 Å². The maximum atomic E-state index is 12.6. The van der Waals surface area contributed by atoms with E-state index >= 15 is 0 Å². The Bertz CT molecular complexity index is 430.